The van der Waals surface area contributed by atoms with Gasteiger partial charge < -0.3 is 18.8 Å². The lowest BCUT2D eigenvalue weighted by Crippen LogP contribution is -2.11. The molecule has 5 nitrogen and oxygen atoms in total. The number of rotatable bonds is 7. The lowest BCUT2D eigenvalue weighted by molar-refractivity contribution is 0.173. The van der Waals surface area contributed by atoms with Gasteiger partial charge in [-0.2, -0.15) is 0 Å². The summed E-state index contributed by atoms with van der Waals surface area (Å²) in [6.07, 6.45) is 0. The van der Waals surface area contributed by atoms with Gasteiger partial charge in [0.05, 0.1) is 24.7 Å². The molecular weight excluding hydrogens is 292 g/mol. The first-order valence-corrected chi connectivity index (χ1v) is 7.52. The van der Waals surface area contributed by atoms with Gasteiger partial charge in [0.2, 0.25) is 0 Å². The summed E-state index contributed by atoms with van der Waals surface area (Å²) in [5.74, 6) is 2.49. The third-order valence-electron chi connectivity index (χ3n) is 3.63. The average molecular weight is 312 g/mol. The van der Waals surface area contributed by atoms with E-state index in [1.807, 2.05) is 42.5 Å². The van der Waals surface area contributed by atoms with Crippen molar-refractivity contribution in [3.05, 3.63) is 54.4 Å². The van der Waals surface area contributed by atoms with E-state index in [0.717, 1.165) is 28.4 Å². The van der Waals surface area contributed by atoms with Crippen molar-refractivity contribution < 1.29 is 14.2 Å². The van der Waals surface area contributed by atoms with Crippen LogP contribution in [0.1, 0.15) is 5.82 Å². The van der Waals surface area contributed by atoms with Crippen molar-refractivity contribution in [2.75, 3.05) is 20.8 Å². The molecule has 0 saturated carbocycles. The van der Waals surface area contributed by atoms with Gasteiger partial charge in [0.1, 0.15) is 30.5 Å². The summed E-state index contributed by atoms with van der Waals surface area (Å²) in [6, 6.07) is 15.7. The fraction of sp³-hybridized carbons (Fsp3) is 0.278. The largest absolute Gasteiger partial charge is 0.497 e. The van der Waals surface area contributed by atoms with Crippen LogP contribution in [0.3, 0.4) is 0 Å². The lowest BCUT2D eigenvalue weighted by atomic mass is 10.3. The van der Waals surface area contributed by atoms with Crippen LogP contribution in [0.15, 0.2) is 48.5 Å². The molecule has 0 amide bonds. The molecule has 0 aliphatic rings. The molecule has 0 saturated heterocycles. The molecule has 23 heavy (non-hydrogen) atoms. The molecule has 2 aromatic carbocycles. The first kappa shape index (κ1) is 15.4. The summed E-state index contributed by atoms with van der Waals surface area (Å²) in [6.45, 7) is 1.73. The number of para-hydroxylation sites is 2. The summed E-state index contributed by atoms with van der Waals surface area (Å²) in [4.78, 5) is 4.62. The number of hydrogen-bond donors (Lipinski definition) is 0. The van der Waals surface area contributed by atoms with E-state index in [1.165, 1.54) is 0 Å². The monoisotopic (exact) mass is 312 g/mol. The van der Waals surface area contributed by atoms with Crippen LogP contribution >= 0.6 is 0 Å². The number of nitrogens with zero attached hydrogens (tertiary/aromatic N) is 2. The number of fused-ring (bicyclic) bond motifs is 1. The second kappa shape index (κ2) is 7.15. The van der Waals surface area contributed by atoms with Gasteiger partial charge in [0.25, 0.3) is 0 Å². The third kappa shape index (κ3) is 3.46. The summed E-state index contributed by atoms with van der Waals surface area (Å²) in [5, 5.41) is 0. The Bertz CT molecular complexity index is 783. The molecule has 0 bridgehead atoms. The van der Waals surface area contributed by atoms with Crippen LogP contribution in [0, 0.1) is 0 Å². The minimum absolute atomic E-state index is 0.480. The molecule has 0 N–H and O–H groups in total. The highest BCUT2D eigenvalue weighted by atomic mass is 16.5. The van der Waals surface area contributed by atoms with Crippen molar-refractivity contribution in [1.82, 2.24) is 9.55 Å². The smallest absolute Gasteiger partial charge is 0.136 e. The van der Waals surface area contributed by atoms with Gasteiger partial charge in [0, 0.05) is 13.2 Å². The summed E-state index contributed by atoms with van der Waals surface area (Å²) >= 11 is 0. The maximum Gasteiger partial charge on any atom is 0.136 e. The van der Waals surface area contributed by atoms with E-state index < -0.39 is 0 Å². The zero-order valence-corrected chi connectivity index (χ0v) is 13.4. The Kier molecular flexibility index (Phi) is 4.78. The predicted molar refractivity (Wildman–Crippen MR) is 88.9 cm³/mol. The van der Waals surface area contributed by atoms with Gasteiger partial charge >= 0.3 is 0 Å². The van der Waals surface area contributed by atoms with E-state index in [1.54, 1.807) is 14.2 Å². The van der Waals surface area contributed by atoms with E-state index in [0.29, 0.717) is 19.8 Å². The minimum atomic E-state index is 0.480. The SMILES string of the molecule is COCc1nc2ccccc2n1CCOc1cccc(OC)c1. The van der Waals surface area contributed by atoms with Crippen LogP contribution < -0.4 is 9.47 Å². The number of ether oxygens (including phenoxy) is 3. The van der Waals surface area contributed by atoms with Crippen molar-refractivity contribution in [3.8, 4) is 11.5 Å². The Morgan fingerprint density at radius 1 is 1.00 bits per heavy atom. The van der Waals surface area contributed by atoms with Crippen LogP contribution in [0.5, 0.6) is 11.5 Å². The lowest BCUT2D eigenvalue weighted by Gasteiger charge is -2.11. The molecule has 0 aliphatic heterocycles. The van der Waals surface area contributed by atoms with Gasteiger partial charge in [-0.3, -0.25) is 0 Å². The molecule has 3 rings (SSSR count). The van der Waals surface area contributed by atoms with Crippen molar-refractivity contribution in [3.63, 3.8) is 0 Å². The van der Waals surface area contributed by atoms with Gasteiger partial charge in [-0.05, 0) is 24.3 Å². The Morgan fingerprint density at radius 2 is 1.83 bits per heavy atom. The second-order valence-electron chi connectivity index (χ2n) is 5.13. The van der Waals surface area contributed by atoms with E-state index in [9.17, 15) is 0 Å². The number of imidazole rings is 1. The molecular formula is C18H20N2O3. The van der Waals surface area contributed by atoms with Gasteiger partial charge in [0.15, 0.2) is 0 Å². The zero-order chi connectivity index (χ0) is 16.1. The van der Waals surface area contributed by atoms with Crippen LogP contribution in [0.25, 0.3) is 11.0 Å². The molecule has 0 radical (unpaired) electrons. The summed E-state index contributed by atoms with van der Waals surface area (Å²) < 4.78 is 18.4. The number of aromatic nitrogens is 2. The molecule has 0 fully saturated rings. The predicted octanol–water partition coefficient (Wildman–Crippen LogP) is 3.27. The van der Waals surface area contributed by atoms with Crippen LogP contribution in [0.4, 0.5) is 0 Å². The number of methoxy groups -OCH3 is 2. The molecule has 0 atom stereocenters. The number of benzene rings is 2. The fourth-order valence-electron chi connectivity index (χ4n) is 2.56. The van der Waals surface area contributed by atoms with Crippen molar-refractivity contribution >= 4 is 11.0 Å². The van der Waals surface area contributed by atoms with Gasteiger partial charge in [-0.15, -0.1) is 0 Å². The van der Waals surface area contributed by atoms with E-state index in [4.69, 9.17) is 14.2 Å². The van der Waals surface area contributed by atoms with Crippen LogP contribution in [0.2, 0.25) is 0 Å². The fourth-order valence-corrected chi connectivity index (χ4v) is 2.56. The quantitative estimate of drug-likeness (QED) is 0.672. The Balaban J connectivity index is 1.74. The molecule has 5 heteroatoms. The van der Waals surface area contributed by atoms with Crippen LogP contribution in [-0.4, -0.2) is 30.4 Å². The molecule has 0 spiro atoms. The first-order valence-electron chi connectivity index (χ1n) is 7.52. The maximum absolute atomic E-state index is 5.83. The Hall–Kier alpha value is -2.53. The Labute approximate surface area is 135 Å². The summed E-state index contributed by atoms with van der Waals surface area (Å²) in [7, 11) is 3.32. The van der Waals surface area contributed by atoms with Crippen LogP contribution in [-0.2, 0) is 17.9 Å². The third-order valence-corrected chi connectivity index (χ3v) is 3.63. The molecule has 1 aromatic heterocycles. The molecule has 3 aromatic rings. The highest BCUT2D eigenvalue weighted by molar-refractivity contribution is 5.75. The van der Waals surface area contributed by atoms with Crippen molar-refractivity contribution in [2.45, 2.75) is 13.2 Å². The number of hydrogen-bond acceptors (Lipinski definition) is 4. The highest BCUT2D eigenvalue weighted by Crippen LogP contribution is 2.20. The Morgan fingerprint density at radius 3 is 2.65 bits per heavy atom. The topological polar surface area (TPSA) is 45.5 Å². The minimum Gasteiger partial charge on any atom is -0.497 e. The van der Waals surface area contributed by atoms with E-state index in [2.05, 4.69) is 15.6 Å². The van der Waals surface area contributed by atoms with E-state index >= 15 is 0 Å². The van der Waals surface area contributed by atoms with E-state index in [-0.39, 0.29) is 0 Å². The van der Waals surface area contributed by atoms with Crippen molar-refractivity contribution in [2.24, 2.45) is 0 Å². The maximum atomic E-state index is 5.83. The first-order chi connectivity index (χ1) is 11.3. The average Bonchev–Trinajstić information content (AvgIpc) is 2.93. The second-order valence-corrected chi connectivity index (χ2v) is 5.13. The van der Waals surface area contributed by atoms with Gasteiger partial charge in [-0.1, -0.05) is 18.2 Å². The summed E-state index contributed by atoms with van der Waals surface area (Å²) in [5.41, 5.74) is 2.06. The zero-order valence-electron chi connectivity index (χ0n) is 13.4. The standard InChI is InChI=1S/C18H20N2O3/c1-21-13-18-19-16-8-3-4-9-17(16)20(18)10-11-23-15-7-5-6-14(12-15)22-2/h3-9,12H,10-11,13H2,1-2H3. The normalized spacial score (nSPS) is 10.9. The van der Waals surface area contributed by atoms with Crippen molar-refractivity contribution in [1.29, 1.82) is 0 Å². The molecule has 0 unspecified atom stereocenters. The molecule has 120 valence electrons. The molecule has 0 aliphatic carbocycles. The molecule has 1 heterocycles. The van der Waals surface area contributed by atoms with Gasteiger partial charge in [-0.25, -0.2) is 4.98 Å². The highest BCUT2D eigenvalue weighted by Gasteiger charge is 2.10.